The van der Waals surface area contributed by atoms with Crippen molar-refractivity contribution < 1.29 is 21.9 Å². The normalized spacial score (nSPS) is 13.7. The summed E-state index contributed by atoms with van der Waals surface area (Å²) in [6, 6.07) is 4.92. The van der Waals surface area contributed by atoms with Gasteiger partial charge in [0.2, 0.25) is 0 Å². The molecule has 0 bridgehead atoms. The molecule has 0 saturated carbocycles. The first-order chi connectivity index (χ1) is 16.6. The van der Waals surface area contributed by atoms with Crippen LogP contribution in [0.1, 0.15) is 30.2 Å². The highest BCUT2D eigenvalue weighted by Gasteiger charge is 2.35. The van der Waals surface area contributed by atoms with Crippen molar-refractivity contribution in [2.24, 2.45) is 7.05 Å². The molecule has 0 N–H and O–H groups in total. The standard InChI is InChI=1S/C22H23F2N7O3S/c1-13-10-25-21(26-11-13)20(34-4)14(2)35(32,33)12-18-27-28-22(17-8-9-30(3)29-17)31(18)19-15(23)6-5-7-16(19)24/h5-11,14,20H,12H2,1-4H3/t14-,20-/m0/s1. The number of aromatic nitrogens is 7. The Morgan fingerprint density at radius 1 is 1.09 bits per heavy atom. The number of rotatable bonds is 8. The Hall–Kier alpha value is -3.58. The van der Waals surface area contributed by atoms with Gasteiger partial charge in [-0.05, 0) is 37.6 Å². The van der Waals surface area contributed by atoms with Crippen molar-refractivity contribution in [1.29, 1.82) is 0 Å². The quantitative estimate of drug-likeness (QED) is 0.360. The Morgan fingerprint density at radius 2 is 1.74 bits per heavy atom. The van der Waals surface area contributed by atoms with Crippen LogP contribution in [-0.4, -0.2) is 55.3 Å². The molecule has 0 aliphatic rings. The molecule has 0 radical (unpaired) electrons. The van der Waals surface area contributed by atoms with Gasteiger partial charge in [0.05, 0.1) is 5.25 Å². The fourth-order valence-corrected chi connectivity index (χ4v) is 5.02. The van der Waals surface area contributed by atoms with E-state index in [1.54, 1.807) is 38.6 Å². The van der Waals surface area contributed by atoms with Crippen LogP contribution in [0.15, 0.2) is 42.9 Å². The molecule has 2 atom stereocenters. The van der Waals surface area contributed by atoms with E-state index in [-0.39, 0.29) is 23.2 Å². The van der Waals surface area contributed by atoms with Crippen molar-refractivity contribution in [3.63, 3.8) is 0 Å². The fraction of sp³-hybridized carbons (Fsp3) is 0.318. The molecule has 0 fully saturated rings. The molecule has 0 aliphatic carbocycles. The maximum atomic E-state index is 14.8. The largest absolute Gasteiger partial charge is 0.372 e. The first-order valence-electron chi connectivity index (χ1n) is 10.5. The minimum atomic E-state index is -4.00. The number of ether oxygens (including phenoxy) is 1. The first-order valence-corrected chi connectivity index (χ1v) is 12.3. The van der Waals surface area contributed by atoms with E-state index in [2.05, 4.69) is 25.3 Å². The summed E-state index contributed by atoms with van der Waals surface area (Å²) in [5.74, 6) is -2.47. The lowest BCUT2D eigenvalue weighted by molar-refractivity contribution is 0.0947. The van der Waals surface area contributed by atoms with Crippen LogP contribution in [0.4, 0.5) is 8.78 Å². The van der Waals surface area contributed by atoms with Gasteiger partial charge in [-0.3, -0.25) is 9.25 Å². The highest BCUT2D eigenvalue weighted by Crippen LogP contribution is 2.29. The van der Waals surface area contributed by atoms with Crippen LogP contribution in [0.5, 0.6) is 0 Å². The van der Waals surface area contributed by atoms with E-state index in [1.165, 1.54) is 24.8 Å². The van der Waals surface area contributed by atoms with Gasteiger partial charge in [-0.15, -0.1) is 10.2 Å². The van der Waals surface area contributed by atoms with Gasteiger partial charge < -0.3 is 4.74 Å². The van der Waals surface area contributed by atoms with Crippen molar-refractivity contribution in [1.82, 2.24) is 34.5 Å². The van der Waals surface area contributed by atoms with Crippen molar-refractivity contribution in [3.8, 4) is 17.2 Å². The number of para-hydroxylation sites is 1. The van der Waals surface area contributed by atoms with E-state index in [4.69, 9.17) is 4.74 Å². The van der Waals surface area contributed by atoms with Crippen LogP contribution in [-0.2, 0) is 27.4 Å². The lowest BCUT2D eigenvalue weighted by Gasteiger charge is -2.21. The molecule has 4 aromatic rings. The molecule has 3 heterocycles. The van der Waals surface area contributed by atoms with E-state index >= 15 is 0 Å². The fourth-order valence-electron chi connectivity index (χ4n) is 3.60. The van der Waals surface area contributed by atoms with Crippen molar-refractivity contribution >= 4 is 9.84 Å². The lowest BCUT2D eigenvalue weighted by atomic mass is 10.2. The highest BCUT2D eigenvalue weighted by atomic mass is 32.2. The molecule has 3 aromatic heterocycles. The molecule has 35 heavy (non-hydrogen) atoms. The van der Waals surface area contributed by atoms with E-state index in [1.807, 2.05) is 0 Å². The number of halogens is 2. The van der Waals surface area contributed by atoms with E-state index in [0.29, 0.717) is 0 Å². The average molecular weight is 504 g/mol. The van der Waals surface area contributed by atoms with Gasteiger partial charge in [0, 0.05) is 32.7 Å². The summed E-state index contributed by atoms with van der Waals surface area (Å²) >= 11 is 0. The number of nitrogens with zero attached hydrogens (tertiary/aromatic N) is 7. The number of benzene rings is 1. The van der Waals surface area contributed by atoms with Crippen molar-refractivity contribution in [3.05, 3.63) is 71.7 Å². The zero-order chi connectivity index (χ0) is 25.3. The van der Waals surface area contributed by atoms with Gasteiger partial charge in [0.15, 0.2) is 27.3 Å². The minimum absolute atomic E-state index is 0.00221. The zero-order valence-corrected chi connectivity index (χ0v) is 20.2. The Bertz CT molecular complexity index is 1430. The monoisotopic (exact) mass is 503 g/mol. The van der Waals surface area contributed by atoms with E-state index < -0.39 is 44.3 Å². The second-order valence-corrected chi connectivity index (χ2v) is 10.4. The second-order valence-electron chi connectivity index (χ2n) is 8.01. The number of aryl methyl sites for hydroxylation is 2. The summed E-state index contributed by atoms with van der Waals surface area (Å²) in [5, 5.41) is 11.1. The number of hydrogen-bond acceptors (Lipinski definition) is 8. The van der Waals surface area contributed by atoms with Crippen LogP contribution in [0, 0.1) is 18.6 Å². The smallest absolute Gasteiger partial charge is 0.189 e. The summed E-state index contributed by atoms with van der Waals surface area (Å²) in [5.41, 5.74) is 0.574. The Labute approximate surface area is 200 Å². The molecular formula is C22H23F2N7O3S. The molecule has 13 heteroatoms. The molecule has 184 valence electrons. The van der Waals surface area contributed by atoms with Crippen molar-refractivity contribution in [2.75, 3.05) is 7.11 Å². The third-order valence-electron chi connectivity index (χ3n) is 5.47. The molecule has 0 unspecified atom stereocenters. The van der Waals surface area contributed by atoms with Crippen LogP contribution in [0.3, 0.4) is 0 Å². The van der Waals surface area contributed by atoms with E-state index in [0.717, 1.165) is 22.3 Å². The Kier molecular flexibility index (Phi) is 6.72. The predicted octanol–water partition coefficient (Wildman–Crippen LogP) is 2.74. The van der Waals surface area contributed by atoms with Crippen LogP contribution >= 0.6 is 0 Å². The van der Waals surface area contributed by atoms with Gasteiger partial charge in [-0.25, -0.2) is 27.2 Å². The average Bonchev–Trinajstić information content (AvgIpc) is 3.41. The third kappa shape index (κ3) is 4.82. The van der Waals surface area contributed by atoms with Gasteiger partial charge in [0.1, 0.15) is 34.9 Å². The molecule has 0 spiro atoms. The number of hydrogen-bond donors (Lipinski definition) is 0. The summed E-state index contributed by atoms with van der Waals surface area (Å²) in [7, 11) is -0.979. The molecule has 0 amide bonds. The minimum Gasteiger partial charge on any atom is -0.372 e. The van der Waals surface area contributed by atoms with Gasteiger partial charge >= 0.3 is 0 Å². The van der Waals surface area contributed by atoms with Crippen molar-refractivity contribution in [2.45, 2.75) is 31.0 Å². The van der Waals surface area contributed by atoms with Crippen LogP contribution < -0.4 is 0 Å². The first kappa shape index (κ1) is 24.5. The molecule has 0 aliphatic heterocycles. The zero-order valence-electron chi connectivity index (χ0n) is 19.4. The highest BCUT2D eigenvalue weighted by molar-refractivity contribution is 7.91. The van der Waals surface area contributed by atoms with Gasteiger partial charge in [0.25, 0.3) is 0 Å². The molecular weight excluding hydrogens is 480 g/mol. The summed E-state index contributed by atoms with van der Waals surface area (Å²) in [6.45, 7) is 3.26. The summed E-state index contributed by atoms with van der Waals surface area (Å²) in [4.78, 5) is 8.36. The Balaban J connectivity index is 1.78. The lowest BCUT2D eigenvalue weighted by Crippen LogP contribution is -2.30. The second kappa shape index (κ2) is 9.58. The topological polar surface area (TPSA) is 118 Å². The SMILES string of the molecule is CO[C@H](c1ncc(C)cn1)[C@H](C)S(=O)(=O)Cc1nnc(-c2ccn(C)n2)n1-c1c(F)cccc1F. The molecule has 0 saturated heterocycles. The molecule has 4 rings (SSSR count). The maximum Gasteiger partial charge on any atom is 0.189 e. The van der Waals surface area contributed by atoms with Crippen LogP contribution in [0.2, 0.25) is 0 Å². The predicted molar refractivity (Wildman–Crippen MR) is 122 cm³/mol. The number of methoxy groups -OCH3 is 1. The third-order valence-corrected chi connectivity index (χ3v) is 7.51. The Morgan fingerprint density at radius 3 is 2.31 bits per heavy atom. The molecule has 10 nitrogen and oxygen atoms in total. The maximum absolute atomic E-state index is 14.8. The molecule has 1 aromatic carbocycles. The number of sulfone groups is 1. The summed E-state index contributed by atoms with van der Waals surface area (Å²) in [6.07, 6.45) is 3.77. The van der Waals surface area contributed by atoms with Crippen LogP contribution in [0.25, 0.3) is 17.2 Å². The summed E-state index contributed by atoms with van der Waals surface area (Å²) < 4.78 is 64.4. The van der Waals surface area contributed by atoms with Gasteiger partial charge in [-0.1, -0.05) is 6.07 Å². The van der Waals surface area contributed by atoms with E-state index in [9.17, 15) is 17.2 Å². The van der Waals surface area contributed by atoms with Gasteiger partial charge in [-0.2, -0.15) is 5.10 Å².